The number of aromatic nitrogens is 2. The zero-order chi connectivity index (χ0) is 19.1. The third-order valence-corrected chi connectivity index (χ3v) is 4.31. The van der Waals surface area contributed by atoms with Gasteiger partial charge in [-0.05, 0) is 31.0 Å². The summed E-state index contributed by atoms with van der Waals surface area (Å²) in [6.45, 7) is 4.06. The van der Waals surface area contributed by atoms with Crippen LogP contribution >= 0.6 is 0 Å². The summed E-state index contributed by atoms with van der Waals surface area (Å²) in [5.74, 6) is 0.0529. The number of hydrogen-bond acceptors (Lipinski definition) is 6. The van der Waals surface area contributed by atoms with Crippen molar-refractivity contribution in [3.8, 4) is 5.75 Å². The Morgan fingerprint density at radius 1 is 1.26 bits per heavy atom. The van der Waals surface area contributed by atoms with E-state index in [9.17, 15) is 9.59 Å². The van der Waals surface area contributed by atoms with E-state index in [1.54, 1.807) is 19.1 Å². The number of fused-ring (bicyclic) bond motifs is 1. The number of aromatic amines is 1. The van der Waals surface area contributed by atoms with E-state index in [2.05, 4.69) is 20.8 Å². The molecule has 8 heteroatoms. The number of H-pyrrole nitrogens is 1. The number of carbonyl (C=O) groups excluding carboxylic acids is 2. The van der Waals surface area contributed by atoms with E-state index >= 15 is 0 Å². The third-order valence-electron chi connectivity index (χ3n) is 4.31. The number of nitrogens with zero attached hydrogens (tertiary/aromatic N) is 1. The van der Waals surface area contributed by atoms with Crippen molar-refractivity contribution in [1.29, 1.82) is 0 Å². The molecule has 0 bridgehead atoms. The van der Waals surface area contributed by atoms with Crippen LogP contribution in [0.25, 0.3) is 0 Å². The number of nitrogens with one attached hydrogen (secondary N) is 3. The summed E-state index contributed by atoms with van der Waals surface area (Å²) in [6, 6.07) is 7.41. The van der Waals surface area contributed by atoms with E-state index in [0.717, 1.165) is 29.8 Å². The van der Waals surface area contributed by atoms with Gasteiger partial charge in [-0.1, -0.05) is 12.1 Å². The zero-order valence-corrected chi connectivity index (χ0v) is 15.3. The number of esters is 1. The minimum atomic E-state index is -0.389. The molecule has 27 heavy (non-hydrogen) atoms. The molecule has 8 nitrogen and oxygen atoms in total. The molecule has 0 fully saturated rings. The van der Waals surface area contributed by atoms with E-state index in [-0.39, 0.29) is 18.5 Å². The van der Waals surface area contributed by atoms with Gasteiger partial charge in [-0.15, -0.1) is 0 Å². The van der Waals surface area contributed by atoms with Gasteiger partial charge in [0, 0.05) is 37.3 Å². The molecule has 1 aromatic carbocycles. The van der Waals surface area contributed by atoms with E-state index in [4.69, 9.17) is 9.47 Å². The average Bonchev–Trinajstić information content (AvgIpc) is 3.12. The predicted molar refractivity (Wildman–Crippen MR) is 98.6 cm³/mol. The lowest BCUT2D eigenvalue weighted by Crippen LogP contribution is -2.29. The normalized spacial score (nSPS) is 12.9. The standard InChI is InChI=1S/C19H24N4O4/c1-2-26-17(24)12-27-14-5-3-13(4-6-14)7-10-21-19(25)18-15-11-20-9-8-16(15)22-23-18/h3-6,20H,2,7-12H2,1H3,(H,21,25)(H,22,23). The van der Waals surface area contributed by atoms with Gasteiger partial charge in [0.1, 0.15) is 5.75 Å². The Morgan fingerprint density at radius 2 is 2.07 bits per heavy atom. The van der Waals surface area contributed by atoms with Gasteiger partial charge < -0.3 is 20.1 Å². The van der Waals surface area contributed by atoms with Crippen LogP contribution in [0, 0.1) is 0 Å². The van der Waals surface area contributed by atoms with Crippen molar-refractivity contribution in [2.75, 3.05) is 26.3 Å². The van der Waals surface area contributed by atoms with Crippen molar-refractivity contribution in [2.45, 2.75) is 26.3 Å². The van der Waals surface area contributed by atoms with Gasteiger partial charge in [0.2, 0.25) is 0 Å². The van der Waals surface area contributed by atoms with Crippen LogP contribution in [0.5, 0.6) is 5.75 Å². The fraction of sp³-hybridized carbons (Fsp3) is 0.421. The molecule has 0 unspecified atom stereocenters. The molecule has 0 atom stereocenters. The first kappa shape index (κ1) is 18.9. The van der Waals surface area contributed by atoms with Crippen LogP contribution < -0.4 is 15.4 Å². The van der Waals surface area contributed by atoms with Crippen LogP contribution in [0.2, 0.25) is 0 Å². The smallest absolute Gasteiger partial charge is 0.344 e. The highest BCUT2D eigenvalue weighted by Crippen LogP contribution is 2.15. The number of hydrogen-bond donors (Lipinski definition) is 3. The number of ether oxygens (including phenoxy) is 2. The van der Waals surface area contributed by atoms with Crippen LogP contribution in [0.1, 0.15) is 34.2 Å². The lowest BCUT2D eigenvalue weighted by Gasteiger charge is -2.12. The van der Waals surface area contributed by atoms with Crippen molar-refractivity contribution in [2.24, 2.45) is 0 Å². The quantitative estimate of drug-likeness (QED) is 0.597. The van der Waals surface area contributed by atoms with Gasteiger partial charge in [0.25, 0.3) is 5.91 Å². The number of benzene rings is 1. The van der Waals surface area contributed by atoms with Crippen molar-refractivity contribution in [3.05, 3.63) is 46.8 Å². The summed E-state index contributed by atoms with van der Waals surface area (Å²) in [5, 5.41) is 13.3. The SMILES string of the molecule is CCOC(=O)COc1ccc(CCNC(=O)c2n[nH]c3c2CNCC3)cc1. The minimum Gasteiger partial charge on any atom is -0.482 e. The number of rotatable bonds is 8. The highest BCUT2D eigenvalue weighted by atomic mass is 16.6. The largest absolute Gasteiger partial charge is 0.482 e. The molecule has 0 saturated heterocycles. The second-order valence-corrected chi connectivity index (χ2v) is 6.20. The molecular weight excluding hydrogens is 348 g/mol. The van der Waals surface area contributed by atoms with E-state index in [1.807, 2.05) is 12.1 Å². The molecule has 2 aromatic rings. The summed E-state index contributed by atoms with van der Waals surface area (Å²) in [5.41, 5.74) is 3.53. The molecule has 0 spiro atoms. The van der Waals surface area contributed by atoms with Crippen molar-refractivity contribution < 1.29 is 19.1 Å². The molecule has 3 N–H and O–H groups in total. The highest BCUT2D eigenvalue weighted by Gasteiger charge is 2.21. The predicted octanol–water partition coefficient (Wildman–Crippen LogP) is 0.970. The lowest BCUT2D eigenvalue weighted by atomic mass is 10.1. The van der Waals surface area contributed by atoms with E-state index in [1.165, 1.54) is 0 Å². The summed E-state index contributed by atoms with van der Waals surface area (Å²) in [4.78, 5) is 23.6. The molecule has 0 aliphatic carbocycles. The molecule has 1 aromatic heterocycles. The molecule has 0 radical (unpaired) electrons. The Labute approximate surface area is 157 Å². The van der Waals surface area contributed by atoms with Gasteiger partial charge in [0.15, 0.2) is 12.3 Å². The Bertz CT molecular complexity index is 786. The second kappa shape index (κ2) is 9.18. The third kappa shape index (κ3) is 5.07. The molecule has 1 aliphatic heterocycles. The molecule has 1 aliphatic rings. The van der Waals surface area contributed by atoms with Gasteiger partial charge in [-0.2, -0.15) is 5.10 Å². The van der Waals surface area contributed by atoms with Crippen LogP contribution in [-0.2, 0) is 28.9 Å². The molecular formula is C19H24N4O4. The maximum Gasteiger partial charge on any atom is 0.344 e. The van der Waals surface area contributed by atoms with Gasteiger partial charge in [0.05, 0.1) is 6.61 Å². The Kier molecular flexibility index (Phi) is 6.43. The zero-order valence-electron chi connectivity index (χ0n) is 15.3. The Morgan fingerprint density at radius 3 is 2.85 bits per heavy atom. The minimum absolute atomic E-state index is 0.105. The average molecular weight is 372 g/mol. The van der Waals surface area contributed by atoms with Crippen molar-refractivity contribution >= 4 is 11.9 Å². The van der Waals surface area contributed by atoms with Crippen molar-refractivity contribution in [3.63, 3.8) is 0 Å². The van der Waals surface area contributed by atoms with Crippen LogP contribution in [0.3, 0.4) is 0 Å². The summed E-state index contributed by atoms with van der Waals surface area (Å²) in [7, 11) is 0. The molecule has 2 heterocycles. The summed E-state index contributed by atoms with van der Waals surface area (Å²) in [6.07, 6.45) is 1.55. The first-order valence-corrected chi connectivity index (χ1v) is 9.09. The first-order chi connectivity index (χ1) is 13.2. The fourth-order valence-electron chi connectivity index (χ4n) is 2.91. The molecule has 1 amide bonds. The topological polar surface area (TPSA) is 105 Å². The maximum atomic E-state index is 12.3. The van der Waals surface area contributed by atoms with Crippen LogP contribution in [0.4, 0.5) is 0 Å². The lowest BCUT2D eigenvalue weighted by molar-refractivity contribution is -0.145. The highest BCUT2D eigenvalue weighted by molar-refractivity contribution is 5.94. The molecule has 144 valence electrons. The monoisotopic (exact) mass is 372 g/mol. The summed E-state index contributed by atoms with van der Waals surface area (Å²) < 4.78 is 10.2. The van der Waals surface area contributed by atoms with E-state index in [0.29, 0.717) is 37.6 Å². The maximum absolute atomic E-state index is 12.3. The molecule has 0 saturated carbocycles. The van der Waals surface area contributed by atoms with Crippen LogP contribution in [0.15, 0.2) is 24.3 Å². The fourth-order valence-corrected chi connectivity index (χ4v) is 2.91. The van der Waals surface area contributed by atoms with Crippen LogP contribution in [-0.4, -0.2) is 48.4 Å². The first-order valence-electron chi connectivity index (χ1n) is 9.09. The summed E-state index contributed by atoms with van der Waals surface area (Å²) >= 11 is 0. The Balaban J connectivity index is 1.44. The second-order valence-electron chi connectivity index (χ2n) is 6.20. The number of amides is 1. The van der Waals surface area contributed by atoms with Gasteiger partial charge in [-0.25, -0.2) is 4.79 Å². The van der Waals surface area contributed by atoms with E-state index < -0.39 is 0 Å². The number of carbonyl (C=O) groups is 2. The van der Waals surface area contributed by atoms with Crippen molar-refractivity contribution in [1.82, 2.24) is 20.8 Å². The molecule has 3 rings (SSSR count). The Hall–Kier alpha value is -2.87. The van der Waals surface area contributed by atoms with Gasteiger partial charge in [-0.3, -0.25) is 9.89 Å². The van der Waals surface area contributed by atoms with Gasteiger partial charge >= 0.3 is 5.97 Å².